The first-order valence-corrected chi connectivity index (χ1v) is 9.09. The number of ether oxygens (including phenoxy) is 1. The molecule has 4 heteroatoms. The molecule has 0 amide bonds. The van der Waals surface area contributed by atoms with Gasteiger partial charge in [-0.3, -0.25) is 0 Å². The summed E-state index contributed by atoms with van der Waals surface area (Å²) in [5.41, 5.74) is 4.06. The number of thiophene rings is 1. The number of halogens is 1. The number of fused-ring (bicyclic) bond motifs is 1. The largest absolute Gasteiger partial charge is 0.372 e. The van der Waals surface area contributed by atoms with E-state index < -0.39 is 0 Å². The summed E-state index contributed by atoms with van der Waals surface area (Å²) in [6.45, 7) is 4.78. The number of hydrogen-bond donors (Lipinski definition) is 1. The molecule has 1 aromatic carbocycles. The summed E-state index contributed by atoms with van der Waals surface area (Å²) in [5, 5.41) is 5.84. The summed E-state index contributed by atoms with van der Waals surface area (Å²) < 4.78 is 6.71. The maximum Gasteiger partial charge on any atom is 0.0725 e. The highest BCUT2D eigenvalue weighted by Gasteiger charge is 2.17. The molecule has 1 aliphatic heterocycles. The van der Waals surface area contributed by atoms with Gasteiger partial charge in [0.25, 0.3) is 0 Å². The summed E-state index contributed by atoms with van der Waals surface area (Å²) in [7, 11) is 0. The van der Waals surface area contributed by atoms with Crippen molar-refractivity contribution in [2.75, 3.05) is 6.54 Å². The third-order valence-electron chi connectivity index (χ3n) is 3.82. The van der Waals surface area contributed by atoms with Crippen LogP contribution in [0.2, 0.25) is 0 Å². The van der Waals surface area contributed by atoms with Gasteiger partial charge in [-0.15, -0.1) is 11.3 Å². The molecule has 2 heterocycles. The molecule has 0 saturated heterocycles. The van der Waals surface area contributed by atoms with Gasteiger partial charge in [0.05, 0.1) is 13.2 Å². The Hall–Kier alpha value is -0.680. The lowest BCUT2D eigenvalue weighted by molar-refractivity contribution is 0.134. The van der Waals surface area contributed by atoms with Crippen LogP contribution in [-0.2, 0) is 24.4 Å². The monoisotopic (exact) mass is 365 g/mol. The van der Waals surface area contributed by atoms with Crippen molar-refractivity contribution in [2.24, 2.45) is 0 Å². The Morgan fingerprint density at radius 1 is 1.29 bits per heavy atom. The molecular formula is C17H20BrNOS. The molecule has 0 saturated carbocycles. The Bertz CT molecular complexity index is 611. The fraction of sp³-hybridized carbons (Fsp3) is 0.412. The standard InChI is InChI=1S/C17H20BrNOS/c1-2-5-19-17(8-16-7-15(18)11-21-16)12-3-4-13-9-20-10-14(13)6-12/h3-4,6-7,11,17,19H,2,5,8-10H2,1H3. The van der Waals surface area contributed by atoms with Crippen molar-refractivity contribution in [3.63, 3.8) is 0 Å². The second-order valence-electron chi connectivity index (χ2n) is 5.46. The zero-order chi connectivity index (χ0) is 14.7. The molecule has 112 valence electrons. The molecule has 0 spiro atoms. The quantitative estimate of drug-likeness (QED) is 0.791. The summed E-state index contributed by atoms with van der Waals surface area (Å²) in [6, 6.07) is 9.40. The summed E-state index contributed by atoms with van der Waals surface area (Å²) >= 11 is 5.36. The highest BCUT2D eigenvalue weighted by atomic mass is 79.9. The van der Waals surface area contributed by atoms with Crippen LogP contribution in [0.1, 0.15) is 41.0 Å². The molecule has 1 N–H and O–H groups in total. The van der Waals surface area contributed by atoms with Crippen LogP contribution in [-0.4, -0.2) is 6.54 Å². The average molecular weight is 366 g/mol. The van der Waals surface area contributed by atoms with E-state index in [-0.39, 0.29) is 0 Å². The van der Waals surface area contributed by atoms with Gasteiger partial charge < -0.3 is 10.1 Å². The molecule has 2 aromatic rings. The van der Waals surface area contributed by atoms with Crippen molar-refractivity contribution >= 4 is 27.3 Å². The van der Waals surface area contributed by atoms with E-state index in [4.69, 9.17) is 4.74 Å². The maximum atomic E-state index is 5.53. The first-order chi connectivity index (χ1) is 10.3. The van der Waals surface area contributed by atoms with E-state index in [1.807, 2.05) is 11.3 Å². The lowest BCUT2D eigenvalue weighted by atomic mass is 9.98. The Balaban J connectivity index is 1.80. The molecule has 0 radical (unpaired) electrons. The van der Waals surface area contributed by atoms with Crippen LogP contribution in [0.25, 0.3) is 0 Å². The predicted molar refractivity (Wildman–Crippen MR) is 91.7 cm³/mol. The third kappa shape index (κ3) is 3.75. The van der Waals surface area contributed by atoms with Crippen molar-refractivity contribution in [2.45, 2.75) is 39.0 Å². The van der Waals surface area contributed by atoms with Crippen LogP contribution < -0.4 is 5.32 Å². The minimum Gasteiger partial charge on any atom is -0.372 e. The van der Waals surface area contributed by atoms with Crippen LogP contribution in [0.5, 0.6) is 0 Å². The normalized spacial score (nSPS) is 15.1. The highest BCUT2D eigenvalue weighted by molar-refractivity contribution is 9.10. The lowest BCUT2D eigenvalue weighted by Gasteiger charge is -2.19. The van der Waals surface area contributed by atoms with E-state index in [1.165, 1.54) is 26.0 Å². The number of hydrogen-bond acceptors (Lipinski definition) is 3. The van der Waals surface area contributed by atoms with Crippen LogP contribution in [0, 0.1) is 0 Å². The zero-order valence-electron chi connectivity index (χ0n) is 12.2. The number of benzene rings is 1. The van der Waals surface area contributed by atoms with Gasteiger partial charge in [0, 0.05) is 27.2 Å². The van der Waals surface area contributed by atoms with Crippen molar-refractivity contribution < 1.29 is 4.74 Å². The summed E-state index contributed by atoms with van der Waals surface area (Å²) in [4.78, 5) is 1.41. The third-order valence-corrected chi connectivity index (χ3v) is 5.54. The molecule has 21 heavy (non-hydrogen) atoms. The summed E-state index contributed by atoms with van der Waals surface area (Å²) in [5.74, 6) is 0. The second-order valence-corrected chi connectivity index (χ2v) is 7.37. The molecule has 0 bridgehead atoms. The zero-order valence-corrected chi connectivity index (χ0v) is 14.6. The average Bonchev–Trinajstić information content (AvgIpc) is 3.11. The molecule has 0 aliphatic carbocycles. The topological polar surface area (TPSA) is 21.3 Å². The molecular weight excluding hydrogens is 346 g/mol. The smallest absolute Gasteiger partial charge is 0.0725 e. The van der Waals surface area contributed by atoms with E-state index >= 15 is 0 Å². The molecule has 1 aliphatic rings. The van der Waals surface area contributed by atoms with Gasteiger partial charge in [-0.05, 0) is 51.7 Å². The number of nitrogens with one attached hydrogen (secondary N) is 1. The van der Waals surface area contributed by atoms with Gasteiger partial charge in [-0.25, -0.2) is 0 Å². The Morgan fingerprint density at radius 2 is 2.14 bits per heavy atom. The van der Waals surface area contributed by atoms with Crippen molar-refractivity contribution in [3.8, 4) is 0 Å². The lowest BCUT2D eigenvalue weighted by Crippen LogP contribution is -2.24. The predicted octanol–water partition coefficient (Wildman–Crippen LogP) is 4.82. The minimum absolute atomic E-state index is 0.376. The fourth-order valence-electron chi connectivity index (χ4n) is 2.70. The van der Waals surface area contributed by atoms with E-state index in [2.05, 4.69) is 57.8 Å². The van der Waals surface area contributed by atoms with Crippen molar-refractivity contribution in [1.82, 2.24) is 5.32 Å². The first kappa shape index (κ1) is 15.2. The minimum atomic E-state index is 0.376. The van der Waals surface area contributed by atoms with Gasteiger partial charge in [0.2, 0.25) is 0 Å². The van der Waals surface area contributed by atoms with E-state index in [0.29, 0.717) is 6.04 Å². The highest BCUT2D eigenvalue weighted by Crippen LogP contribution is 2.28. The molecule has 1 unspecified atom stereocenters. The Labute approximate surface area is 138 Å². The molecule has 0 fully saturated rings. The fourth-order valence-corrected chi connectivity index (χ4v) is 4.20. The van der Waals surface area contributed by atoms with Gasteiger partial charge in [-0.2, -0.15) is 0 Å². The molecule has 2 nitrogen and oxygen atoms in total. The second kappa shape index (κ2) is 7.05. The van der Waals surface area contributed by atoms with Crippen molar-refractivity contribution in [3.05, 3.63) is 55.7 Å². The van der Waals surface area contributed by atoms with Gasteiger partial charge in [0.1, 0.15) is 0 Å². The maximum absolute atomic E-state index is 5.53. The Morgan fingerprint density at radius 3 is 2.90 bits per heavy atom. The first-order valence-electron chi connectivity index (χ1n) is 7.42. The SMILES string of the molecule is CCCNC(Cc1cc(Br)cs1)c1ccc2c(c1)COC2. The van der Waals surface area contributed by atoms with E-state index in [1.54, 1.807) is 0 Å². The van der Waals surface area contributed by atoms with E-state index in [0.717, 1.165) is 32.6 Å². The van der Waals surface area contributed by atoms with Gasteiger partial charge >= 0.3 is 0 Å². The van der Waals surface area contributed by atoms with Crippen LogP contribution >= 0.6 is 27.3 Å². The van der Waals surface area contributed by atoms with Crippen LogP contribution in [0.4, 0.5) is 0 Å². The van der Waals surface area contributed by atoms with Crippen molar-refractivity contribution in [1.29, 1.82) is 0 Å². The Kier molecular flexibility index (Phi) is 5.11. The summed E-state index contributed by atoms with van der Waals surface area (Å²) in [6.07, 6.45) is 2.19. The molecule has 1 aromatic heterocycles. The molecule has 3 rings (SSSR count). The van der Waals surface area contributed by atoms with Gasteiger partial charge in [0.15, 0.2) is 0 Å². The van der Waals surface area contributed by atoms with E-state index in [9.17, 15) is 0 Å². The van der Waals surface area contributed by atoms with Crippen LogP contribution in [0.15, 0.2) is 34.1 Å². The van der Waals surface area contributed by atoms with Crippen LogP contribution in [0.3, 0.4) is 0 Å². The molecule has 1 atom stereocenters. The number of rotatable bonds is 6. The van der Waals surface area contributed by atoms with Gasteiger partial charge in [-0.1, -0.05) is 25.1 Å².